The van der Waals surface area contributed by atoms with E-state index in [1.807, 2.05) is 13.1 Å². The van der Waals surface area contributed by atoms with Crippen molar-refractivity contribution in [2.75, 3.05) is 13.7 Å². The topological polar surface area (TPSA) is 21.3 Å². The Kier molecular flexibility index (Phi) is 4.88. The van der Waals surface area contributed by atoms with E-state index in [9.17, 15) is 0 Å². The molecule has 1 aromatic rings. The normalized spacial score (nSPS) is 25.3. The van der Waals surface area contributed by atoms with Gasteiger partial charge in [0.05, 0.1) is 5.60 Å². The molecule has 1 fully saturated rings. The molecule has 1 aliphatic rings. The lowest BCUT2D eigenvalue weighted by Crippen LogP contribution is -2.52. The van der Waals surface area contributed by atoms with Crippen LogP contribution in [-0.4, -0.2) is 25.3 Å². The van der Waals surface area contributed by atoms with Gasteiger partial charge >= 0.3 is 0 Å². The summed E-state index contributed by atoms with van der Waals surface area (Å²) in [6, 6.07) is 6.59. The Labute approximate surface area is 121 Å². The highest BCUT2D eigenvalue weighted by Crippen LogP contribution is 2.31. The van der Waals surface area contributed by atoms with Crippen LogP contribution in [0.5, 0.6) is 0 Å². The van der Waals surface area contributed by atoms with Gasteiger partial charge in [0.2, 0.25) is 0 Å². The van der Waals surface area contributed by atoms with Crippen LogP contribution < -0.4 is 5.32 Å². The second-order valence-corrected chi connectivity index (χ2v) is 6.17. The second-order valence-electron chi connectivity index (χ2n) is 5.76. The molecule has 0 radical (unpaired) electrons. The fraction of sp³-hybridized carbons (Fsp3) is 0.625. The Morgan fingerprint density at radius 3 is 2.79 bits per heavy atom. The molecule has 0 aromatic heterocycles. The van der Waals surface area contributed by atoms with Gasteiger partial charge in [-0.15, -0.1) is 0 Å². The molecule has 1 N–H and O–H groups in total. The van der Waals surface area contributed by atoms with Crippen molar-refractivity contribution in [3.05, 3.63) is 34.3 Å². The Hall–Kier alpha value is -0.570. The smallest absolute Gasteiger partial charge is 0.0809 e. The number of hydrogen-bond acceptors (Lipinski definition) is 2. The molecule has 2 atom stereocenters. The summed E-state index contributed by atoms with van der Waals surface area (Å²) in [6.45, 7) is 5.16. The first-order chi connectivity index (χ1) is 9.05. The molecule has 0 spiro atoms. The predicted molar refractivity (Wildman–Crippen MR) is 80.9 cm³/mol. The van der Waals surface area contributed by atoms with Crippen LogP contribution in [0.4, 0.5) is 0 Å². The van der Waals surface area contributed by atoms with Crippen molar-refractivity contribution in [1.29, 1.82) is 0 Å². The van der Waals surface area contributed by atoms with E-state index in [0.717, 1.165) is 24.5 Å². The Morgan fingerprint density at radius 1 is 1.42 bits per heavy atom. The number of ether oxygens (including phenoxy) is 1. The maximum atomic E-state index is 6.35. The third-order valence-electron chi connectivity index (χ3n) is 4.22. The van der Waals surface area contributed by atoms with Crippen LogP contribution in [0, 0.1) is 6.92 Å². The summed E-state index contributed by atoms with van der Waals surface area (Å²) in [5, 5.41) is 4.28. The Bertz CT molecular complexity index is 427. The van der Waals surface area contributed by atoms with Gasteiger partial charge in [-0.2, -0.15) is 0 Å². The molecule has 106 valence electrons. The first kappa shape index (κ1) is 14.8. The maximum Gasteiger partial charge on any atom is 0.0809 e. The van der Waals surface area contributed by atoms with E-state index in [4.69, 9.17) is 16.3 Å². The lowest BCUT2D eigenvalue weighted by atomic mass is 9.84. The molecule has 0 saturated carbocycles. The monoisotopic (exact) mass is 281 g/mol. The molecule has 19 heavy (non-hydrogen) atoms. The van der Waals surface area contributed by atoms with Crippen molar-refractivity contribution >= 4 is 11.6 Å². The van der Waals surface area contributed by atoms with E-state index in [1.54, 1.807) is 0 Å². The molecule has 0 aliphatic carbocycles. The van der Waals surface area contributed by atoms with E-state index in [-0.39, 0.29) is 5.60 Å². The lowest BCUT2D eigenvalue weighted by Gasteiger charge is -2.40. The lowest BCUT2D eigenvalue weighted by molar-refractivity contribution is -0.0870. The van der Waals surface area contributed by atoms with Gasteiger partial charge in [0.1, 0.15) is 0 Å². The summed E-state index contributed by atoms with van der Waals surface area (Å²) in [7, 11) is 2.01. The van der Waals surface area contributed by atoms with Gasteiger partial charge < -0.3 is 10.1 Å². The van der Waals surface area contributed by atoms with Gasteiger partial charge in [0, 0.05) is 17.7 Å². The second kappa shape index (κ2) is 6.25. The van der Waals surface area contributed by atoms with Crippen LogP contribution >= 0.6 is 11.6 Å². The van der Waals surface area contributed by atoms with Crippen molar-refractivity contribution < 1.29 is 4.74 Å². The standard InChI is InChI=1S/C16H24ClNO/c1-12-6-7-13(14(17)10-12)11-15(18-3)16(2)8-4-5-9-19-16/h6-7,10,15,18H,4-5,8-9,11H2,1-3H3. The average molecular weight is 282 g/mol. The Balaban J connectivity index is 2.14. The summed E-state index contributed by atoms with van der Waals surface area (Å²) in [6.07, 6.45) is 4.45. The first-order valence-corrected chi connectivity index (χ1v) is 7.49. The third kappa shape index (κ3) is 3.50. The number of likely N-dealkylation sites (N-methyl/N-ethyl adjacent to an activating group) is 1. The van der Waals surface area contributed by atoms with E-state index in [0.29, 0.717) is 6.04 Å². The minimum atomic E-state index is -0.0821. The van der Waals surface area contributed by atoms with Crippen LogP contribution in [0.2, 0.25) is 5.02 Å². The van der Waals surface area contributed by atoms with Crippen molar-refractivity contribution in [1.82, 2.24) is 5.32 Å². The number of hydrogen-bond donors (Lipinski definition) is 1. The van der Waals surface area contributed by atoms with Crippen LogP contribution in [0.15, 0.2) is 18.2 Å². The molecule has 0 amide bonds. The number of benzene rings is 1. The largest absolute Gasteiger partial charge is 0.374 e. The van der Waals surface area contributed by atoms with Gasteiger partial charge in [0.15, 0.2) is 0 Å². The molecule has 1 saturated heterocycles. The number of halogens is 1. The predicted octanol–water partition coefficient (Wildman–Crippen LogP) is 3.74. The molecule has 2 nitrogen and oxygen atoms in total. The fourth-order valence-electron chi connectivity index (χ4n) is 2.89. The summed E-state index contributed by atoms with van der Waals surface area (Å²) in [5.74, 6) is 0. The number of nitrogens with one attached hydrogen (secondary N) is 1. The van der Waals surface area contributed by atoms with Gasteiger partial charge in [-0.25, -0.2) is 0 Å². The van der Waals surface area contributed by atoms with E-state index >= 15 is 0 Å². The molecular weight excluding hydrogens is 258 g/mol. The quantitative estimate of drug-likeness (QED) is 0.908. The van der Waals surface area contributed by atoms with E-state index < -0.39 is 0 Å². The highest BCUT2D eigenvalue weighted by molar-refractivity contribution is 6.31. The SMILES string of the molecule is CNC(Cc1ccc(C)cc1Cl)C1(C)CCCCO1. The first-order valence-electron chi connectivity index (χ1n) is 7.11. The molecular formula is C16H24ClNO. The molecule has 0 bridgehead atoms. The average Bonchev–Trinajstić information content (AvgIpc) is 2.38. The molecule has 1 heterocycles. The molecule has 1 aromatic carbocycles. The van der Waals surface area contributed by atoms with Crippen molar-refractivity contribution in [2.24, 2.45) is 0 Å². The maximum absolute atomic E-state index is 6.35. The molecule has 1 aliphatic heterocycles. The van der Waals surface area contributed by atoms with Gasteiger partial charge in [-0.1, -0.05) is 23.7 Å². The van der Waals surface area contributed by atoms with E-state index in [1.165, 1.54) is 24.0 Å². The number of rotatable bonds is 4. The summed E-state index contributed by atoms with van der Waals surface area (Å²) < 4.78 is 6.05. The summed E-state index contributed by atoms with van der Waals surface area (Å²) >= 11 is 6.35. The molecule has 2 unspecified atom stereocenters. The van der Waals surface area contributed by atoms with Gasteiger partial charge in [-0.05, 0) is 63.8 Å². The van der Waals surface area contributed by atoms with Crippen LogP contribution in [0.1, 0.15) is 37.3 Å². The highest BCUT2D eigenvalue weighted by atomic mass is 35.5. The van der Waals surface area contributed by atoms with Crippen molar-refractivity contribution in [3.63, 3.8) is 0 Å². The highest BCUT2D eigenvalue weighted by Gasteiger charge is 2.36. The zero-order chi connectivity index (χ0) is 13.9. The zero-order valence-corrected chi connectivity index (χ0v) is 12.9. The van der Waals surface area contributed by atoms with Crippen LogP contribution in [0.25, 0.3) is 0 Å². The van der Waals surface area contributed by atoms with Crippen LogP contribution in [-0.2, 0) is 11.2 Å². The minimum Gasteiger partial charge on any atom is -0.374 e. The van der Waals surface area contributed by atoms with Gasteiger partial charge in [0.25, 0.3) is 0 Å². The summed E-state index contributed by atoms with van der Waals surface area (Å²) in [4.78, 5) is 0. The summed E-state index contributed by atoms with van der Waals surface area (Å²) in [5.41, 5.74) is 2.32. The Morgan fingerprint density at radius 2 is 2.21 bits per heavy atom. The van der Waals surface area contributed by atoms with Crippen molar-refractivity contribution in [3.8, 4) is 0 Å². The van der Waals surface area contributed by atoms with Gasteiger partial charge in [-0.3, -0.25) is 0 Å². The number of aryl methyl sites for hydroxylation is 1. The molecule has 3 heteroatoms. The van der Waals surface area contributed by atoms with E-state index in [2.05, 4.69) is 31.3 Å². The zero-order valence-electron chi connectivity index (χ0n) is 12.1. The third-order valence-corrected chi connectivity index (χ3v) is 4.57. The van der Waals surface area contributed by atoms with Crippen molar-refractivity contribution in [2.45, 2.75) is 51.2 Å². The fourth-order valence-corrected chi connectivity index (χ4v) is 3.20. The minimum absolute atomic E-state index is 0.0821. The van der Waals surface area contributed by atoms with Crippen LogP contribution in [0.3, 0.4) is 0 Å². The molecule has 2 rings (SSSR count).